The van der Waals surface area contributed by atoms with Gasteiger partial charge in [0, 0.05) is 18.5 Å². The first-order valence-corrected chi connectivity index (χ1v) is 6.36. The molecule has 1 aliphatic heterocycles. The Hall–Kier alpha value is -1.52. The predicted octanol–water partition coefficient (Wildman–Crippen LogP) is 1.06. The molecule has 0 saturated carbocycles. The molecule has 92 valence electrons. The molecule has 2 N–H and O–H groups in total. The maximum atomic E-state index is 9.81. The van der Waals surface area contributed by atoms with Gasteiger partial charge in [0.05, 0.1) is 0 Å². The van der Waals surface area contributed by atoms with E-state index in [4.69, 9.17) is 4.65 Å². The number of aryl methyl sites for hydroxylation is 2. The van der Waals surface area contributed by atoms with Crippen molar-refractivity contribution in [2.24, 2.45) is 0 Å². The molecule has 2 aromatic rings. The normalized spacial score (nSPS) is 14.6. The Bertz CT molecular complexity index is 525. The van der Waals surface area contributed by atoms with Crippen molar-refractivity contribution in [3.63, 3.8) is 0 Å². The summed E-state index contributed by atoms with van der Waals surface area (Å²) in [5.41, 5.74) is 4.63. The molecule has 2 heterocycles. The van der Waals surface area contributed by atoms with Crippen LogP contribution in [0.5, 0.6) is 0 Å². The number of fused-ring (bicyclic) bond motifs is 1. The highest BCUT2D eigenvalue weighted by Crippen LogP contribution is 2.11. The highest BCUT2D eigenvalue weighted by Gasteiger charge is 2.24. The summed E-state index contributed by atoms with van der Waals surface area (Å²) in [7, 11) is -0.751. The van der Waals surface area contributed by atoms with Crippen LogP contribution in [0, 0.1) is 0 Å². The number of hydrogen-bond acceptors (Lipinski definition) is 2. The Kier molecular flexibility index (Phi) is 3.21. The average molecular weight is 241 g/mol. The van der Waals surface area contributed by atoms with E-state index in [0.717, 1.165) is 24.7 Å². The van der Waals surface area contributed by atoms with Gasteiger partial charge in [0.1, 0.15) is 0 Å². The highest BCUT2D eigenvalue weighted by atomic mass is 16.5. The largest absolute Gasteiger partial charge is 0.491 e. The van der Waals surface area contributed by atoms with E-state index >= 15 is 0 Å². The van der Waals surface area contributed by atoms with E-state index in [9.17, 15) is 5.02 Å². The van der Waals surface area contributed by atoms with Crippen molar-refractivity contribution in [1.82, 2.24) is 4.98 Å². The zero-order chi connectivity index (χ0) is 12.4. The Morgan fingerprint density at radius 1 is 1.28 bits per heavy atom. The molecule has 0 saturated heterocycles. The number of aromatic nitrogens is 1. The molecule has 0 unspecified atom stereocenters. The van der Waals surface area contributed by atoms with E-state index in [-0.39, 0.29) is 0 Å². The van der Waals surface area contributed by atoms with Crippen LogP contribution >= 0.6 is 0 Å². The molecule has 1 aliphatic rings. The second-order valence-electron chi connectivity index (χ2n) is 4.70. The van der Waals surface area contributed by atoms with Crippen molar-refractivity contribution in [1.29, 1.82) is 0 Å². The third-order valence-corrected chi connectivity index (χ3v) is 3.47. The van der Waals surface area contributed by atoms with Crippen LogP contribution < -0.4 is 5.46 Å². The van der Waals surface area contributed by atoms with Gasteiger partial charge in [0.2, 0.25) is 0 Å². The number of hydrogen-bond donors (Lipinski definition) is 2. The molecule has 4 heteroatoms. The second-order valence-corrected chi connectivity index (χ2v) is 4.70. The third kappa shape index (κ3) is 2.35. The summed E-state index contributed by atoms with van der Waals surface area (Å²) < 4.78 is 5.26. The van der Waals surface area contributed by atoms with Gasteiger partial charge in [0.25, 0.3) is 0 Å². The Balaban J connectivity index is 1.75. The predicted molar refractivity (Wildman–Crippen MR) is 71.9 cm³/mol. The van der Waals surface area contributed by atoms with Gasteiger partial charge in [-0.2, -0.15) is 0 Å². The molecule has 0 aliphatic carbocycles. The minimum atomic E-state index is -0.751. The lowest BCUT2D eigenvalue weighted by atomic mass is 9.73. The van der Waals surface area contributed by atoms with E-state index in [2.05, 4.69) is 29.2 Å². The monoisotopic (exact) mass is 241 g/mol. The molecule has 1 aromatic carbocycles. The molecule has 0 amide bonds. The van der Waals surface area contributed by atoms with E-state index in [1.807, 2.05) is 12.3 Å². The summed E-state index contributed by atoms with van der Waals surface area (Å²) in [4.78, 5) is 3.20. The lowest BCUT2D eigenvalue weighted by Gasteiger charge is -2.19. The van der Waals surface area contributed by atoms with Gasteiger partial charge in [-0.3, -0.25) is 0 Å². The van der Waals surface area contributed by atoms with Crippen LogP contribution in [0.25, 0.3) is 0 Å². The second kappa shape index (κ2) is 5.00. The van der Waals surface area contributed by atoms with Gasteiger partial charge >= 0.3 is 7.12 Å². The van der Waals surface area contributed by atoms with Gasteiger partial charge in [-0.05, 0) is 48.0 Å². The summed E-state index contributed by atoms with van der Waals surface area (Å²) in [5.74, 6) is 0. The fraction of sp³-hybridized carbons (Fsp3) is 0.286. The van der Waals surface area contributed by atoms with Crippen molar-refractivity contribution >= 4 is 12.6 Å². The van der Waals surface area contributed by atoms with Gasteiger partial charge in [-0.15, -0.1) is 0 Å². The van der Waals surface area contributed by atoms with Crippen molar-refractivity contribution in [3.05, 3.63) is 53.3 Å². The first kappa shape index (κ1) is 11.6. The van der Waals surface area contributed by atoms with Gasteiger partial charge in [0.15, 0.2) is 0 Å². The minimum absolute atomic E-state index is 0.607. The first-order chi connectivity index (χ1) is 8.83. The number of nitrogens with one attached hydrogen (secondary N) is 1. The van der Waals surface area contributed by atoms with Crippen LogP contribution in [0.4, 0.5) is 0 Å². The van der Waals surface area contributed by atoms with Crippen molar-refractivity contribution in [3.8, 4) is 0 Å². The Labute approximate surface area is 107 Å². The van der Waals surface area contributed by atoms with E-state index in [0.29, 0.717) is 6.61 Å². The highest BCUT2D eigenvalue weighted by molar-refractivity contribution is 6.60. The van der Waals surface area contributed by atoms with E-state index in [1.54, 1.807) is 0 Å². The zero-order valence-corrected chi connectivity index (χ0v) is 10.2. The van der Waals surface area contributed by atoms with E-state index < -0.39 is 7.12 Å². The molecular formula is C14H16BNO2. The van der Waals surface area contributed by atoms with Crippen molar-refractivity contribution < 1.29 is 9.68 Å². The lowest BCUT2D eigenvalue weighted by Crippen LogP contribution is -2.41. The SMILES string of the molecule is OB1OCCc2ccc(CCc3ccc[nH]3)cc21. The van der Waals surface area contributed by atoms with Gasteiger partial charge in [-0.1, -0.05) is 18.2 Å². The molecule has 0 bridgehead atoms. The fourth-order valence-corrected chi connectivity index (χ4v) is 2.43. The number of rotatable bonds is 3. The summed E-state index contributed by atoms with van der Waals surface area (Å²) in [6.45, 7) is 0.607. The zero-order valence-electron chi connectivity index (χ0n) is 10.2. The molecule has 18 heavy (non-hydrogen) atoms. The topological polar surface area (TPSA) is 45.2 Å². The summed E-state index contributed by atoms with van der Waals surface area (Å²) in [6.07, 6.45) is 4.80. The van der Waals surface area contributed by atoms with Gasteiger partial charge < -0.3 is 14.7 Å². The quantitative estimate of drug-likeness (QED) is 0.789. The first-order valence-electron chi connectivity index (χ1n) is 6.36. The van der Waals surface area contributed by atoms with E-state index in [1.165, 1.54) is 16.8 Å². The third-order valence-electron chi connectivity index (χ3n) is 3.47. The van der Waals surface area contributed by atoms with Crippen LogP contribution in [0.2, 0.25) is 0 Å². The van der Waals surface area contributed by atoms with Crippen LogP contribution in [0.15, 0.2) is 36.5 Å². The summed E-state index contributed by atoms with van der Waals surface area (Å²) in [5, 5.41) is 9.81. The molecular weight excluding hydrogens is 225 g/mol. The minimum Gasteiger partial charge on any atom is -0.423 e. The molecule has 1 aromatic heterocycles. The standard InChI is InChI=1S/C14H16BNO2/c17-15-14-10-11(3-5-12(14)7-9-18-15)4-6-13-2-1-8-16-13/h1-3,5,8,10,16-17H,4,6-7,9H2. The van der Waals surface area contributed by atoms with Crippen molar-refractivity contribution in [2.75, 3.05) is 6.61 Å². The maximum Gasteiger partial charge on any atom is 0.491 e. The molecule has 0 spiro atoms. The Morgan fingerprint density at radius 3 is 3.06 bits per heavy atom. The van der Waals surface area contributed by atoms with Crippen LogP contribution in [-0.4, -0.2) is 23.7 Å². The summed E-state index contributed by atoms with van der Waals surface area (Å²) in [6, 6.07) is 10.4. The van der Waals surface area contributed by atoms with Gasteiger partial charge in [-0.25, -0.2) is 0 Å². The van der Waals surface area contributed by atoms with Crippen LogP contribution in [0.1, 0.15) is 16.8 Å². The molecule has 3 nitrogen and oxygen atoms in total. The number of benzene rings is 1. The molecule has 0 atom stereocenters. The summed E-state index contributed by atoms with van der Waals surface area (Å²) >= 11 is 0. The maximum absolute atomic E-state index is 9.81. The Morgan fingerprint density at radius 2 is 2.22 bits per heavy atom. The lowest BCUT2D eigenvalue weighted by molar-refractivity contribution is 0.266. The van der Waals surface area contributed by atoms with Crippen molar-refractivity contribution in [2.45, 2.75) is 19.3 Å². The average Bonchev–Trinajstić information content (AvgIpc) is 2.90. The molecule has 3 rings (SSSR count). The molecule has 0 radical (unpaired) electrons. The van der Waals surface area contributed by atoms with Crippen LogP contribution in [-0.2, 0) is 23.9 Å². The molecule has 0 fully saturated rings. The number of aromatic amines is 1. The smallest absolute Gasteiger partial charge is 0.423 e. The fourth-order valence-electron chi connectivity index (χ4n) is 2.43. The number of H-pyrrole nitrogens is 1. The van der Waals surface area contributed by atoms with Crippen LogP contribution in [0.3, 0.4) is 0 Å².